The average molecular weight is 252 g/mol. The molecule has 0 radical (unpaired) electrons. The molecule has 0 aliphatic rings. The molecule has 17 heavy (non-hydrogen) atoms. The van der Waals surface area contributed by atoms with Gasteiger partial charge in [0.25, 0.3) is 0 Å². The predicted octanol–water partition coefficient (Wildman–Crippen LogP) is 3.12. The van der Waals surface area contributed by atoms with E-state index >= 15 is 0 Å². The first-order chi connectivity index (χ1) is 8.07. The molecule has 4 heteroatoms. The maximum Gasteiger partial charge on any atom is 0.186 e. The molecule has 1 rings (SSSR count). The number of ether oxygens (including phenoxy) is 1. The van der Waals surface area contributed by atoms with Gasteiger partial charge in [0.05, 0.1) is 6.61 Å². The van der Waals surface area contributed by atoms with Gasteiger partial charge in [-0.2, -0.15) is 0 Å². The van der Waals surface area contributed by atoms with Crippen molar-refractivity contribution >= 4 is 14.6 Å². The summed E-state index contributed by atoms with van der Waals surface area (Å²) >= 11 is 0. The number of aldehydes is 1. The molecule has 3 nitrogen and oxygen atoms in total. The monoisotopic (exact) mass is 252 g/mol. The van der Waals surface area contributed by atoms with Crippen LogP contribution in [-0.4, -0.2) is 28.3 Å². The van der Waals surface area contributed by atoms with Crippen molar-refractivity contribution in [3.05, 3.63) is 29.8 Å². The lowest BCUT2D eigenvalue weighted by atomic mass is 10.2. The van der Waals surface area contributed by atoms with Crippen molar-refractivity contribution in [3.63, 3.8) is 0 Å². The lowest BCUT2D eigenvalue weighted by Crippen LogP contribution is -2.28. The normalized spacial score (nSPS) is 11.2. The van der Waals surface area contributed by atoms with Gasteiger partial charge < -0.3 is 9.16 Å². The molecule has 0 amide bonds. The molecule has 0 aliphatic carbocycles. The van der Waals surface area contributed by atoms with Crippen molar-refractivity contribution in [2.24, 2.45) is 0 Å². The Bertz CT molecular complexity index is 346. The lowest BCUT2D eigenvalue weighted by molar-refractivity contribution is 0.112. The summed E-state index contributed by atoms with van der Waals surface area (Å²) in [6.07, 6.45) is 1.83. The molecular formula is C13H20O3Si. The van der Waals surface area contributed by atoms with Gasteiger partial charge >= 0.3 is 0 Å². The van der Waals surface area contributed by atoms with Crippen LogP contribution in [0.5, 0.6) is 5.75 Å². The zero-order valence-electron chi connectivity index (χ0n) is 10.7. The highest BCUT2D eigenvalue weighted by Crippen LogP contribution is 2.15. The first-order valence-corrected chi connectivity index (χ1v) is 8.92. The number of carbonyl (C=O) groups is 1. The van der Waals surface area contributed by atoms with Crippen LogP contribution in [-0.2, 0) is 4.43 Å². The first-order valence-electron chi connectivity index (χ1n) is 5.80. The summed E-state index contributed by atoms with van der Waals surface area (Å²) in [5.41, 5.74) is 0.672. The van der Waals surface area contributed by atoms with Crippen LogP contribution in [0.1, 0.15) is 16.8 Å². The summed E-state index contributed by atoms with van der Waals surface area (Å²) in [7, 11) is 0.326. The summed E-state index contributed by atoms with van der Waals surface area (Å²) < 4.78 is 11.1. The minimum absolute atomic E-state index is 0.672. The highest BCUT2D eigenvalue weighted by atomic mass is 28.4. The van der Waals surface area contributed by atoms with Crippen molar-refractivity contribution in [2.45, 2.75) is 25.6 Å². The molecule has 1 aromatic carbocycles. The van der Waals surface area contributed by atoms with E-state index in [2.05, 4.69) is 13.1 Å². The Kier molecular flexibility index (Phi) is 5.38. The number of benzene rings is 1. The first kappa shape index (κ1) is 13.9. The van der Waals surface area contributed by atoms with Crippen LogP contribution in [0.3, 0.4) is 0 Å². The minimum Gasteiger partial charge on any atom is -0.494 e. The molecule has 0 saturated carbocycles. The van der Waals surface area contributed by atoms with Crippen molar-refractivity contribution in [1.29, 1.82) is 0 Å². The fraction of sp³-hybridized carbons (Fsp3) is 0.462. The Hall–Kier alpha value is -1.13. The molecule has 0 heterocycles. The molecule has 0 fully saturated rings. The quantitative estimate of drug-likeness (QED) is 0.425. The molecule has 0 unspecified atom stereocenters. The van der Waals surface area contributed by atoms with Crippen molar-refractivity contribution < 1.29 is 14.0 Å². The van der Waals surface area contributed by atoms with E-state index in [1.165, 1.54) is 0 Å². The number of hydrogen-bond acceptors (Lipinski definition) is 3. The van der Waals surface area contributed by atoms with Crippen LogP contribution < -0.4 is 4.74 Å². The summed E-state index contributed by atoms with van der Waals surface area (Å²) in [5.74, 6) is 0.812. The Balaban J connectivity index is 2.28. The molecule has 0 aromatic heterocycles. The Morgan fingerprint density at radius 2 is 1.88 bits per heavy atom. The Labute approximate surface area is 104 Å². The van der Waals surface area contributed by atoms with E-state index in [0.29, 0.717) is 12.2 Å². The third-order valence-electron chi connectivity index (χ3n) is 2.76. The fourth-order valence-electron chi connectivity index (χ4n) is 1.43. The molecule has 0 bridgehead atoms. The summed E-state index contributed by atoms with van der Waals surface area (Å²) in [6.45, 7) is 5.10. The van der Waals surface area contributed by atoms with Gasteiger partial charge in [0.2, 0.25) is 0 Å². The lowest BCUT2D eigenvalue weighted by Gasteiger charge is -2.19. The number of rotatable bonds is 7. The van der Waals surface area contributed by atoms with Crippen LogP contribution in [0.15, 0.2) is 24.3 Å². The van der Waals surface area contributed by atoms with Crippen LogP contribution in [0.4, 0.5) is 0 Å². The van der Waals surface area contributed by atoms with E-state index in [1.54, 1.807) is 19.2 Å². The summed E-state index contributed by atoms with van der Waals surface area (Å²) in [6, 6.07) is 8.26. The maximum absolute atomic E-state index is 10.5. The summed E-state index contributed by atoms with van der Waals surface area (Å²) in [4.78, 5) is 10.5. The second-order valence-electron chi connectivity index (χ2n) is 4.60. The van der Waals surface area contributed by atoms with Crippen LogP contribution in [0.2, 0.25) is 19.1 Å². The molecule has 94 valence electrons. The third-order valence-corrected chi connectivity index (χ3v) is 5.42. The van der Waals surface area contributed by atoms with Gasteiger partial charge in [-0.3, -0.25) is 4.79 Å². The van der Waals surface area contributed by atoms with E-state index in [-0.39, 0.29) is 0 Å². The van der Waals surface area contributed by atoms with Crippen molar-refractivity contribution in [2.75, 3.05) is 13.7 Å². The van der Waals surface area contributed by atoms with Gasteiger partial charge in [-0.1, -0.05) is 0 Å². The van der Waals surface area contributed by atoms with Gasteiger partial charge in [-0.25, -0.2) is 0 Å². The van der Waals surface area contributed by atoms with Gasteiger partial charge in [0.1, 0.15) is 12.0 Å². The van der Waals surface area contributed by atoms with Crippen LogP contribution in [0, 0.1) is 0 Å². The molecular weight excluding hydrogens is 232 g/mol. The molecule has 0 atom stereocenters. The zero-order valence-corrected chi connectivity index (χ0v) is 11.7. The fourth-order valence-corrected chi connectivity index (χ4v) is 2.63. The molecule has 0 aliphatic heterocycles. The van der Waals surface area contributed by atoms with Crippen molar-refractivity contribution in [1.82, 2.24) is 0 Å². The van der Waals surface area contributed by atoms with E-state index in [0.717, 1.165) is 24.5 Å². The maximum atomic E-state index is 10.5. The van der Waals surface area contributed by atoms with E-state index < -0.39 is 8.32 Å². The average Bonchev–Trinajstić information content (AvgIpc) is 2.35. The molecule has 1 aromatic rings. The third kappa shape index (κ3) is 5.15. The molecule has 0 saturated heterocycles. The van der Waals surface area contributed by atoms with Gasteiger partial charge in [-0.05, 0) is 49.8 Å². The smallest absolute Gasteiger partial charge is 0.186 e. The highest BCUT2D eigenvalue weighted by Gasteiger charge is 2.19. The van der Waals surface area contributed by atoms with E-state index in [4.69, 9.17) is 9.16 Å². The standard InChI is InChI=1S/C13H20O3Si/c1-15-17(2,3)10-4-9-16-13-7-5-12(11-14)6-8-13/h5-8,11H,4,9-10H2,1-3H3. The second-order valence-corrected chi connectivity index (χ2v) is 9.03. The van der Waals surface area contributed by atoms with Gasteiger partial charge in [-0.15, -0.1) is 0 Å². The minimum atomic E-state index is -1.46. The van der Waals surface area contributed by atoms with Gasteiger partial charge in [0.15, 0.2) is 8.32 Å². The number of hydrogen-bond donors (Lipinski definition) is 0. The van der Waals surface area contributed by atoms with Crippen LogP contribution in [0.25, 0.3) is 0 Å². The Morgan fingerprint density at radius 1 is 1.24 bits per heavy atom. The second kappa shape index (κ2) is 6.57. The van der Waals surface area contributed by atoms with Crippen molar-refractivity contribution in [3.8, 4) is 5.75 Å². The van der Waals surface area contributed by atoms with Crippen LogP contribution >= 0.6 is 0 Å². The summed E-state index contributed by atoms with van der Waals surface area (Å²) in [5, 5.41) is 0. The van der Waals surface area contributed by atoms with E-state index in [1.807, 2.05) is 12.1 Å². The number of carbonyl (C=O) groups excluding carboxylic acids is 1. The molecule has 0 spiro atoms. The largest absolute Gasteiger partial charge is 0.494 e. The predicted molar refractivity (Wildman–Crippen MR) is 71.2 cm³/mol. The van der Waals surface area contributed by atoms with Gasteiger partial charge in [0, 0.05) is 12.7 Å². The SMILES string of the molecule is CO[Si](C)(C)CCCOc1ccc(C=O)cc1. The topological polar surface area (TPSA) is 35.5 Å². The zero-order chi connectivity index (χ0) is 12.7. The molecule has 0 N–H and O–H groups in total. The Morgan fingerprint density at radius 3 is 2.41 bits per heavy atom. The highest BCUT2D eigenvalue weighted by molar-refractivity contribution is 6.71. The van der Waals surface area contributed by atoms with E-state index in [9.17, 15) is 4.79 Å².